The van der Waals surface area contributed by atoms with Crippen LogP contribution in [0.2, 0.25) is 0 Å². The van der Waals surface area contributed by atoms with Gasteiger partial charge < -0.3 is 25.2 Å². The Morgan fingerprint density at radius 3 is 1.36 bits per heavy atom. The number of carboxylic acids is 1. The maximum absolute atomic E-state index is 12.6. The van der Waals surface area contributed by atoms with Crippen molar-refractivity contribution < 1.29 is 47.5 Å². The molecule has 4 N–H and O–H groups in total. The van der Waals surface area contributed by atoms with Crippen LogP contribution in [-0.4, -0.2) is 59.9 Å². The van der Waals surface area contributed by atoms with Crippen LogP contribution >= 0.6 is 7.82 Å². The van der Waals surface area contributed by atoms with E-state index in [1.165, 1.54) is 0 Å². The summed E-state index contributed by atoms with van der Waals surface area (Å²) >= 11 is 0. The summed E-state index contributed by atoms with van der Waals surface area (Å²) in [5.41, 5.74) is 5.32. The van der Waals surface area contributed by atoms with E-state index in [1.54, 1.807) is 0 Å². The van der Waals surface area contributed by atoms with Crippen molar-refractivity contribution in [1.29, 1.82) is 0 Å². The van der Waals surface area contributed by atoms with Crippen molar-refractivity contribution in [3.63, 3.8) is 0 Å². The standard InChI is InChI=1S/C46H70NO10P/c1-3-5-7-9-11-13-15-17-19-20-21-22-24-25-27-29-31-33-35-37-44(48)54-39-42(40-55-58(52,53)56-41-43(47)46(50)51)57-45(49)38-36-34-32-30-28-26-23-18-16-14-12-10-8-6-4-2/h5-8,11-14,17-19,21-23,25,27-28,30-31,33,42-43H,3-4,9-10,15-16,20,24,26,29,32,34-41,47H2,1-2H3,(H,50,51)(H,52,53)/b7-5-,8-6-,13-11-,14-12-,19-17-,22-21-,23-18-,27-25-,30-28-,33-31-/t42-,43+/m1/s1. The van der Waals surface area contributed by atoms with Crippen molar-refractivity contribution >= 4 is 25.7 Å². The van der Waals surface area contributed by atoms with Gasteiger partial charge in [-0.2, -0.15) is 0 Å². The molecule has 0 aliphatic carbocycles. The largest absolute Gasteiger partial charge is 0.480 e. The number of ether oxygens (including phenoxy) is 2. The van der Waals surface area contributed by atoms with Gasteiger partial charge in [-0.25, -0.2) is 4.57 Å². The second-order valence-corrected chi connectivity index (χ2v) is 14.5. The topological polar surface area (TPSA) is 172 Å². The third-order valence-electron chi connectivity index (χ3n) is 7.72. The van der Waals surface area contributed by atoms with Gasteiger partial charge in [-0.1, -0.05) is 135 Å². The van der Waals surface area contributed by atoms with Crippen LogP contribution in [0.15, 0.2) is 122 Å². The number of carbonyl (C=O) groups is 3. The van der Waals surface area contributed by atoms with Crippen LogP contribution < -0.4 is 5.73 Å². The number of phosphoric acid groups is 1. The van der Waals surface area contributed by atoms with Gasteiger partial charge in [0.2, 0.25) is 0 Å². The third kappa shape index (κ3) is 38.7. The van der Waals surface area contributed by atoms with E-state index < -0.39 is 57.7 Å². The normalized spacial score (nSPS) is 15.0. The van der Waals surface area contributed by atoms with Crippen LogP contribution in [0.1, 0.15) is 117 Å². The molecule has 0 aromatic rings. The number of esters is 2. The highest BCUT2D eigenvalue weighted by Gasteiger charge is 2.28. The first-order chi connectivity index (χ1) is 28.1. The molecule has 1 unspecified atom stereocenters. The van der Waals surface area contributed by atoms with Gasteiger partial charge in [0.05, 0.1) is 13.2 Å². The highest BCUT2D eigenvalue weighted by molar-refractivity contribution is 7.47. The van der Waals surface area contributed by atoms with Crippen molar-refractivity contribution in [2.24, 2.45) is 5.73 Å². The number of aliphatic carboxylic acids is 1. The van der Waals surface area contributed by atoms with E-state index >= 15 is 0 Å². The zero-order valence-corrected chi connectivity index (χ0v) is 35.7. The number of phosphoric ester groups is 1. The summed E-state index contributed by atoms with van der Waals surface area (Å²) < 4.78 is 32.5. The summed E-state index contributed by atoms with van der Waals surface area (Å²) in [6, 6.07) is -1.54. The van der Waals surface area contributed by atoms with Gasteiger partial charge in [0.15, 0.2) is 6.10 Å². The Labute approximate surface area is 348 Å². The first-order valence-electron chi connectivity index (χ1n) is 20.6. The lowest BCUT2D eigenvalue weighted by atomic mass is 10.2. The first-order valence-corrected chi connectivity index (χ1v) is 22.1. The number of carboxylic acid groups (broad SMARTS) is 1. The van der Waals surface area contributed by atoms with Gasteiger partial charge in [-0.15, -0.1) is 0 Å². The Morgan fingerprint density at radius 1 is 0.534 bits per heavy atom. The molecule has 324 valence electrons. The van der Waals surface area contributed by atoms with Gasteiger partial charge in [0.25, 0.3) is 0 Å². The number of hydrogen-bond acceptors (Lipinski definition) is 9. The molecule has 0 aromatic carbocycles. The predicted octanol–water partition coefficient (Wildman–Crippen LogP) is 10.8. The fourth-order valence-electron chi connectivity index (χ4n) is 4.55. The van der Waals surface area contributed by atoms with Crippen LogP contribution in [0.25, 0.3) is 0 Å². The van der Waals surface area contributed by atoms with E-state index in [1.807, 2.05) is 12.2 Å². The Kier molecular flexibility index (Phi) is 36.9. The highest BCUT2D eigenvalue weighted by Crippen LogP contribution is 2.43. The van der Waals surface area contributed by atoms with E-state index in [0.717, 1.165) is 77.0 Å². The number of nitrogens with two attached hydrogens (primary N) is 1. The molecule has 0 saturated carbocycles. The van der Waals surface area contributed by atoms with Crippen LogP contribution in [0.3, 0.4) is 0 Å². The second kappa shape index (κ2) is 39.7. The number of unbranched alkanes of at least 4 members (excludes halogenated alkanes) is 2. The molecule has 0 radical (unpaired) electrons. The van der Waals surface area contributed by atoms with Crippen LogP contribution in [0.5, 0.6) is 0 Å². The summed E-state index contributed by atoms with van der Waals surface area (Å²) in [7, 11) is -4.75. The maximum atomic E-state index is 12.6. The van der Waals surface area contributed by atoms with Gasteiger partial charge in [-0.05, 0) is 89.9 Å². The molecule has 0 saturated heterocycles. The zero-order chi connectivity index (χ0) is 42.8. The maximum Gasteiger partial charge on any atom is 0.472 e. The number of rotatable bonds is 36. The van der Waals surface area contributed by atoms with Gasteiger partial charge >= 0.3 is 25.7 Å². The molecule has 0 spiro atoms. The molecular weight excluding hydrogens is 757 g/mol. The Balaban J connectivity index is 4.61. The smallest absolute Gasteiger partial charge is 0.472 e. The summed E-state index contributed by atoms with van der Waals surface area (Å²) in [4.78, 5) is 45.8. The van der Waals surface area contributed by atoms with E-state index in [2.05, 4.69) is 128 Å². The molecule has 0 amide bonds. The summed E-state index contributed by atoms with van der Waals surface area (Å²) in [5, 5.41) is 8.88. The lowest BCUT2D eigenvalue weighted by molar-refractivity contribution is -0.161. The van der Waals surface area contributed by atoms with Gasteiger partial charge in [0.1, 0.15) is 12.6 Å². The molecule has 3 atom stereocenters. The highest BCUT2D eigenvalue weighted by atomic mass is 31.2. The Morgan fingerprint density at radius 2 is 0.931 bits per heavy atom. The second-order valence-electron chi connectivity index (χ2n) is 13.0. The Bertz CT molecular complexity index is 1440. The average molecular weight is 828 g/mol. The van der Waals surface area contributed by atoms with Gasteiger partial charge in [-0.3, -0.25) is 23.4 Å². The number of hydrogen-bond donors (Lipinski definition) is 3. The van der Waals surface area contributed by atoms with Crippen LogP contribution in [0.4, 0.5) is 0 Å². The molecular formula is C46H70NO10P. The van der Waals surface area contributed by atoms with E-state index in [0.29, 0.717) is 12.8 Å². The van der Waals surface area contributed by atoms with Crippen LogP contribution in [-0.2, 0) is 37.5 Å². The first kappa shape index (κ1) is 53.9. The van der Waals surface area contributed by atoms with Gasteiger partial charge in [0, 0.05) is 12.8 Å². The SMILES string of the molecule is CC/C=C\C/C=C\C/C=C\C/C=C\C/C=C\C/C=C\CCC(=O)OC[C@H](COP(=O)(O)OC[C@H](N)C(=O)O)OC(=O)CCCC/C=C\C/C=C\C/C=C\C/C=C\CC. The summed E-state index contributed by atoms with van der Waals surface area (Å²) in [6.07, 6.45) is 52.9. The molecule has 0 heterocycles. The molecule has 11 nitrogen and oxygen atoms in total. The summed E-state index contributed by atoms with van der Waals surface area (Å²) in [6.45, 7) is 2.42. The lowest BCUT2D eigenvalue weighted by Crippen LogP contribution is -2.34. The van der Waals surface area contributed by atoms with Crippen molar-refractivity contribution in [3.05, 3.63) is 122 Å². The fraction of sp³-hybridized carbons (Fsp3) is 0.500. The lowest BCUT2D eigenvalue weighted by Gasteiger charge is -2.20. The molecule has 0 aliphatic heterocycles. The van der Waals surface area contributed by atoms with Crippen molar-refractivity contribution in [2.75, 3.05) is 19.8 Å². The van der Waals surface area contributed by atoms with E-state index in [-0.39, 0.29) is 12.8 Å². The van der Waals surface area contributed by atoms with Crippen molar-refractivity contribution in [1.82, 2.24) is 0 Å². The molecule has 0 rings (SSSR count). The minimum absolute atomic E-state index is 0.0790. The van der Waals surface area contributed by atoms with E-state index in [4.69, 9.17) is 24.8 Å². The summed E-state index contributed by atoms with van der Waals surface area (Å²) in [5.74, 6) is -2.56. The molecule has 0 bridgehead atoms. The molecule has 0 aliphatic rings. The molecule has 12 heteroatoms. The minimum atomic E-state index is -4.75. The monoisotopic (exact) mass is 827 g/mol. The van der Waals surface area contributed by atoms with Crippen molar-refractivity contribution in [2.45, 2.75) is 129 Å². The predicted molar refractivity (Wildman–Crippen MR) is 235 cm³/mol. The van der Waals surface area contributed by atoms with E-state index in [9.17, 15) is 23.8 Å². The average Bonchev–Trinajstić information content (AvgIpc) is 3.20. The minimum Gasteiger partial charge on any atom is -0.480 e. The van der Waals surface area contributed by atoms with Crippen molar-refractivity contribution in [3.8, 4) is 0 Å². The van der Waals surface area contributed by atoms with Crippen LogP contribution in [0, 0.1) is 0 Å². The Hall–Kier alpha value is -4.12. The molecule has 0 aromatic heterocycles. The third-order valence-corrected chi connectivity index (χ3v) is 8.67. The fourth-order valence-corrected chi connectivity index (χ4v) is 5.33. The quantitative estimate of drug-likeness (QED) is 0.0237. The molecule has 0 fully saturated rings. The zero-order valence-electron chi connectivity index (χ0n) is 34.8. The number of allylic oxidation sites excluding steroid dienone is 20. The number of carbonyl (C=O) groups excluding carboxylic acids is 2. The molecule has 58 heavy (non-hydrogen) atoms.